The van der Waals surface area contributed by atoms with Crippen LogP contribution in [-0.2, 0) is 4.74 Å². The Balaban J connectivity index is 2.03. The lowest BCUT2D eigenvalue weighted by atomic mass is 9.93. The van der Waals surface area contributed by atoms with Gasteiger partial charge in [-0.25, -0.2) is 4.98 Å². The van der Waals surface area contributed by atoms with Crippen molar-refractivity contribution in [3.05, 3.63) is 11.2 Å². The first kappa shape index (κ1) is 13.4. The summed E-state index contributed by atoms with van der Waals surface area (Å²) in [5.74, 6) is 1.21. The van der Waals surface area contributed by atoms with Gasteiger partial charge >= 0.3 is 6.01 Å². The smallest absolute Gasteiger partial charge is 0.318 e. The van der Waals surface area contributed by atoms with Gasteiger partial charge in [-0.1, -0.05) is 11.6 Å². The molecule has 1 saturated heterocycles. The third-order valence-corrected chi connectivity index (χ3v) is 3.52. The summed E-state index contributed by atoms with van der Waals surface area (Å²) in [7, 11) is 1.54. The summed E-state index contributed by atoms with van der Waals surface area (Å²) in [4.78, 5) is 8.17. The molecular formula is C12H18ClN3O2. The number of rotatable bonds is 4. The Morgan fingerprint density at radius 3 is 2.89 bits per heavy atom. The molecular weight excluding hydrogens is 254 g/mol. The lowest BCUT2D eigenvalue weighted by Crippen LogP contribution is -2.31. The van der Waals surface area contributed by atoms with E-state index in [-0.39, 0.29) is 0 Å². The molecule has 1 fully saturated rings. The van der Waals surface area contributed by atoms with Gasteiger partial charge in [-0.2, -0.15) is 4.98 Å². The van der Waals surface area contributed by atoms with E-state index >= 15 is 0 Å². The third kappa shape index (κ3) is 3.23. The lowest BCUT2D eigenvalue weighted by Gasteiger charge is -2.28. The average Bonchev–Trinajstić information content (AvgIpc) is 2.42. The maximum atomic E-state index is 6.07. The van der Waals surface area contributed by atoms with E-state index in [4.69, 9.17) is 21.1 Å². The molecule has 0 aliphatic carbocycles. The predicted octanol–water partition coefficient (Wildman–Crippen LogP) is 2.37. The second-order valence-electron chi connectivity index (χ2n) is 4.44. The largest absolute Gasteiger partial charge is 0.467 e. The summed E-state index contributed by atoms with van der Waals surface area (Å²) in [5, 5.41) is 3.84. The minimum atomic E-state index is 0.297. The minimum Gasteiger partial charge on any atom is -0.467 e. The molecule has 0 saturated carbocycles. The van der Waals surface area contributed by atoms with Crippen LogP contribution in [0.1, 0.15) is 19.8 Å². The van der Waals surface area contributed by atoms with Crippen molar-refractivity contribution in [3.63, 3.8) is 0 Å². The zero-order chi connectivity index (χ0) is 13.0. The standard InChI is InChI=1S/C12H18ClN3O2/c1-8(9-3-5-18-6-4-9)15-11-10(13)7-14-12(16-11)17-2/h7-9H,3-6H2,1-2H3,(H,14,15,16). The van der Waals surface area contributed by atoms with Crippen LogP contribution < -0.4 is 10.1 Å². The topological polar surface area (TPSA) is 56.3 Å². The molecule has 100 valence electrons. The van der Waals surface area contributed by atoms with E-state index < -0.39 is 0 Å². The van der Waals surface area contributed by atoms with Crippen molar-refractivity contribution in [2.75, 3.05) is 25.6 Å². The highest BCUT2D eigenvalue weighted by Gasteiger charge is 2.21. The fraction of sp³-hybridized carbons (Fsp3) is 0.667. The van der Waals surface area contributed by atoms with E-state index in [2.05, 4.69) is 22.2 Å². The average molecular weight is 272 g/mol. The lowest BCUT2D eigenvalue weighted by molar-refractivity contribution is 0.0622. The molecule has 2 heterocycles. The van der Waals surface area contributed by atoms with E-state index in [1.165, 1.54) is 7.11 Å². The Bertz CT molecular complexity index is 397. The van der Waals surface area contributed by atoms with Crippen molar-refractivity contribution < 1.29 is 9.47 Å². The molecule has 0 aromatic carbocycles. The van der Waals surface area contributed by atoms with Gasteiger partial charge in [0.05, 0.1) is 13.3 Å². The van der Waals surface area contributed by atoms with Crippen molar-refractivity contribution in [1.29, 1.82) is 0 Å². The van der Waals surface area contributed by atoms with Crippen molar-refractivity contribution >= 4 is 17.4 Å². The van der Waals surface area contributed by atoms with Crippen LogP contribution in [0.5, 0.6) is 6.01 Å². The van der Waals surface area contributed by atoms with Crippen LogP contribution in [0.2, 0.25) is 5.02 Å². The normalized spacial score (nSPS) is 18.4. The second kappa shape index (κ2) is 6.20. The number of aromatic nitrogens is 2. The maximum Gasteiger partial charge on any atom is 0.318 e. The number of hydrogen-bond donors (Lipinski definition) is 1. The van der Waals surface area contributed by atoms with Gasteiger partial charge in [-0.3, -0.25) is 0 Å². The number of anilines is 1. The molecule has 1 atom stereocenters. The van der Waals surface area contributed by atoms with Crippen molar-refractivity contribution in [1.82, 2.24) is 9.97 Å². The summed E-state index contributed by atoms with van der Waals surface area (Å²) < 4.78 is 10.4. The van der Waals surface area contributed by atoms with Crippen molar-refractivity contribution in [3.8, 4) is 6.01 Å². The highest BCUT2D eigenvalue weighted by Crippen LogP contribution is 2.25. The number of hydrogen-bond acceptors (Lipinski definition) is 5. The fourth-order valence-corrected chi connectivity index (χ4v) is 2.25. The molecule has 6 heteroatoms. The first-order chi connectivity index (χ1) is 8.70. The van der Waals surface area contributed by atoms with Gasteiger partial charge in [0.15, 0.2) is 5.82 Å². The molecule has 1 aromatic heterocycles. The van der Waals surface area contributed by atoms with E-state index in [9.17, 15) is 0 Å². The van der Waals surface area contributed by atoms with Gasteiger partial charge in [0.25, 0.3) is 0 Å². The van der Waals surface area contributed by atoms with Crippen LogP contribution in [0.25, 0.3) is 0 Å². The quantitative estimate of drug-likeness (QED) is 0.911. The van der Waals surface area contributed by atoms with Crippen molar-refractivity contribution in [2.45, 2.75) is 25.8 Å². The Morgan fingerprint density at radius 1 is 1.50 bits per heavy atom. The summed E-state index contributed by atoms with van der Waals surface area (Å²) >= 11 is 6.07. The third-order valence-electron chi connectivity index (χ3n) is 3.24. The minimum absolute atomic E-state index is 0.297. The molecule has 0 radical (unpaired) electrons. The van der Waals surface area contributed by atoms with Gasteiger partial charge < -0.3 is 14.8 Å². The molecule has 0 amide bonds. The predicted molar refractivity (Wildman–Crippen MR) is 70.2 cm³/mol. The highest BCUT2D eigenvalue weighted by molar-refractivity contribution is 6.32. The van der Waals surface area contributed by atoms with Gasteiger partial charge in [0, 0.05) is 19.3 Å². The Morgan fingerprint density at radius 2 is 2.22 bits per heavy atom. The zero-order valence-electron chi connectivity index (χ0n) is 10.6. The molecule has 1 aliphatic rings. The van der Waals surface area contributed by atoms with Crippen LogP contribution in [0, 0.1) is 5.92 Å². The van der Waals surface area contributed by atoms with Crippen LogP contribution >= 0.6 is 11.6 Å². The van der Waals surface area contributed by atoms with Crippen LogP contribution in [0.4, 0.5) is 5.82 Å². The molecule has 5 nitrogen and oxygen atoms in total. The number of ether oxygens (including phenoxy) is 2. The molecule has 0 bridgehead atoms. The number of nitrogens with zero attached hydrogens (tertiary/aromatic N) is 2. The molecule has 1 aliphatic heterocycles. The van der Waals surface area contributed by atoms with E-state index in [1.54, 1.807) is 6.20 Å². The maximum absolute atomic E-state index is 6.07. The molecule has 2 rings (SSSR count). The van der Waals surface area contributed by atoms with Crippen LogP contribution in [0.3, 0.4) is 0 Å². The summed E-state index contributed by atoms with van der Waals surface area (Å²) in [5.41, 5.74) is 0. The highest BCUT2D eigenvalue weighted by atomic mass is 35.5. The SMILES string of the molecule is COc1ncc(Cl)c(NC(C)C2CCOCC2)n1. The van der Waals surface area contributed by atoms with E-state index in [0.29, 0.717) is 28.8 Å². The monoisotopic (exact) mass is 271 g/mol. The molecule has 0 spiro atoms. The zero-order valence-corrected chi connectivity index (χ0v) is 11.4. The first-order valence-electron chi connectivity index (χ1n) is 6.11. The van der Waals surface area contributed by atoms with Crippen LogP contribution in [0.15, 0.2) is 6.20 Å². The van der Waals surface area contributed by atoms with Gasteiger partial charge in [0.2, 0.25) is 0 Å². The summed E-state index contributed by atoms with van der Waals surface area (Å²) in [6.45, 7) is 3.80. The van der Waals surface area contributed by atoms with Crippen molar-refractivity contribution in [2.24, 2.45) is 5.92 Å². The summed E-state index contributed by atoms with van der Waals surface area (Å²) in [6, 6.07) is 0.618. The van der Waals surface area contributed by atoms with Gasteiger partial charge in [-0.05, 0) is 25.7 Å². The number of methoxy groups -OCH3 is 1. The summed E-state index contributed by atoms with van der Waals surface area (Å²) in [6.07, 6.45) is 3.68. The van der Waals surface area contributed by atoms with Gasteiger partial charge in [-0.15, -0.1) is 0 Å². The van der Waals surface area contributed by atoms with E-state index in [1.807, 2.05) is 0 Å². The Hall–Kier alpha value is -1.07. The molecule has 18 heavy (non-hydrogen) atoms. The second-order valence-corrected chi connectivity index (χ2v) is 4.84. The van der Waals surface area contributed by atoms with Crippen LogP contribution in [-0.4, -0.2) is 36.3 Å². The fourth-order valence-electron chi connectivity index (χ4n) is 2.10. The molecule has 1 aromatic rings. The molecule has 1 unspecified atom stereocenters. The van der Waals surface area contributed by atoms with Gasteiger partial charge in [0.1, 0.15) is 5.02 Å². The number of nitrogens with one attached hydrogen (secondary N) is 1. The Kier molecular flexibility index (Phi) is 4.60. The number of halogens is 1. The van der Waals surface area contributed by atoms with E-state index in [0.717, 1.165) is 26.1 Å². The first-order valence-corrected chi connectivity index (χ1v) is 6.49. The molecule has 1 N–H and O–H groups in total. The Labute approximate surface area is 112 Å².